The van der Waals surface area contributed by atoms with Gasteiger partial charge in [-0.2, -0.15) is 0 Å². The second kappa shape index (κ2) is 3.15. The van der Waals surface area contributed by atoms with Gasteiger partial charge in [-0.05, 0) is 30.2 Å². The largest absolute Gasteiger partial charge is 0.257 e. The standard InChI is InChI=1S/C10H9NS/c12-10-6-3-5-9-8(10)4-1-2-7-11-9/h1-3,5-7,12H,4H2. The maximum atomic E-state index is 4.38. The first-order valence-corrected chi connectivity index (χ1v) is 4.33. The fourth-order valence-electron chi connectivity index (χ4n) is 1.26. The van der Waals surface area contributed by atoms with Crippen LogP contribution in [0.15, 0.2) is 40.2 Å². The van der Waals surface area contributed by atoms with Crippen LogP contribution in [-0.4, -0.2) is 6.21 Å². The third kappa shape index (κ3) is 1.30. The lowest BCUT2D eigenvalue weighted by molar-refractivity contribution is 1.18. The van der Waals surface area contributed by atoms with Gasteiger partial charge in [-0.15, -0.1) is 12.6 Å². The molecule has 0 bridgehead atoms. The molecule has 1 heterocycles. The van der Waals surface area contributed by atoms with Crippen molar-refractivity contribution in [3.8, 4) is 0 Å². The lowest BCUT2D eigenvalue weighted by atomic mass is 10.1. The molecule has 0 aliphatic carbocycles. The highest BCUT2D eigenvalue weighted by Crippen LogP contribution is 2.26. The maximum Gasteiger partial charge on any atom is 0.0675 e. The zero-order valence-corrected chi connectivity index (χ0v) is 7.46. The van der Waals surface area contributed by atoms with Crippen LogP contribution in [0.5, 0.6) is 0 Å². The second-order valence-corrected chi connectivity index (χ2v) is 3.17. The molecule has 0 N–H and O–H groups in total. The third-order valence-corrected chi connectivity index (χ3v) is 2.30. The fourth-order valence-corrected chi connectivity index (χ4v) is 1.55. The number of nitrogens with zero attached hydrogens (tertiary/aromatic N) is 1. The second-order valence-electron chi connectivity index (χ2n) is 2.69. The van der Waals surface area contributed by atoms with Crippen molar-refractivity contribution < 1.29 is 0 Å². The van der Waals surface area contributed by atoms with E-state index in [1.807, 2.05) is 30.5 Å². The van der Waals surface area contributed by atoms with Crippen LogP contribution in [0, 0.1) is 0 Å². The summed E-state index contributed by atoms with van der Waals surface area (Å²) in [5.41, 5.74) is 2.25. The van der Waals surface area contributed by atoms with Crippen LogP contribution in [0.2, 0.25) is 0 Å². The zero-order chi connectivity index (χ0) is 8.39. The number of benzene rings is 1. The van der Waals surface area contributed by atoms with Crippen LogP contribution in [-0.2, 0) is 6.42 Å². The van der Waals surface area contributed by atoms with E-state index in [1.54, 1.807) is 0 Å². The first-order chi connectivity index (χ1) is 5.88. The van der Waals surface area contributed by atoms with E-state index in [1.165, 1.54) is 5.56 Å². The van der Waals surface area contributed by atoms with Crippen molar-refractivity contribution in [2.24, 2.45) is 4.99 Å². The lowest BCUT2D eigenvalue weighted by Gasteiger charge is -2.03. The molecule has 0 fully saturated rings. The first kappa shape index (κ1) is 7.62. The molecule has 0 radical (unpaired) electrons. The van der Waals surface area contributed by atoms with E-state index in [9.17, 15) is 0 Å². The fraction of sp³-hybridized carbons (Fsp3) is 0.100. The van der Waals surface area contributed by atoms with Gasteiger partial charge in [0.15, 0.2) is 0 Å². The Morgan fingerprint density at radius 2 is 2.25 bits per heavy atom. The van der Waals surface area contributed by atoms with Crippen LogP contribution in [0.3, 0.4) is 0 Å². The molecule has 0 spiro atoms. The average Bonchev–Trinajstić information content (AvgIpc) is 2.30. The molecule has 12 heavy (non-hydrogen) atoms. The van der Waals surface area contributed by atoms with Crippen molar-refractivity contribution in [1.82, 2.24) is 0 Å². The van der Waals surface area contributed by atoms with Crippen LogP contribution >= 0.6 is 12.6 Å². The lowest BCUT2D eigenvalue weighted by Crippen LogP contribution is -1.83. The topological polar surface area (TPSA) is 12.4 Å². The van der Waals surface area contributed by atoms with Gasteiger partial charge in [0.1, 0.15) is 0 Å². The Balaban J connectivity index is 2.59. The van der Waals surface area contributed by atoms with Gasteiger partial charge in [0.25, 0.3) is 0 Å². The molecule has 0 saturated carbocycles. The predicted molar refractivity (Wildman–Crippen MR) is 54.7 cm³/mol. The van der Waals surface area contributed by atoms with Crippen molar-refractivity contribution in [1.29, 1.82) is 0 Å². The molecular weight excluding hydrogens is 166 g/mol. The van der Waals surface area contributed by atoms with Gasteiger partial charge in [0.2, 0.25) is 0 Å². The molecule has 1 aromatic rings. The van der Waals surface area contributed by atoms with E-state index in [0.717, 1.165) is 17.0 Å². The summed E-state index contributed by atoms with van der Waals surface area (Å²) in [6, 6.07) is 5.99. The molecule has 1 aliphatic heterocycles. The Morgan fingerprint density at radius 3 is 3.17 bits per heavy atom. The van der Waals surface area contributed by atoms with Crippen LogP contribution < -0.4 is 0 Å². The number of allylic oxidation sites excluding steroid dienone is 2. The summed E-state index contributed by atoms with van der Waals surface area (Å²) in [6.07, 6.45) is 6.80. The summed E-state index contributed by atoms with van der Waals surface area (Å²) < 4.78 is 0. The smallest absolute Gasteiger partial charge is 0.0675 e. The predicted octanol–water partition coefficient (Wildman–Crippen LogP) is 2.79. The minimum Gasteiger partial charge on any atom is -0.257 e. The summed E-state index contributed by atoms with van der Waals surface area (Å²) >= 11 is 4.38. The summed E-state index contributed by atoms with van der Waals surface area (Å²) in [5.74, 6) is 0. The number of hydrogen-bond donors (Lipinski definition) is 1. The van der Waals surface area contributed by atoms with E-state index in [4.69, 9.17) is 0 Å². The average molecular weight is 175 g/mol. The maximum absolute atomic E-state index is 4.38. The molecule has 1 nitrogen and oxygen atoms in total. The summed E-state index contributed by atoms with van der Waals surface area (Å²) in [7, 11) is 0. The van der Waals surface area contributed by atoms with Gasteiger partial charge in [0.05, 0.1) is 5.69 Å². The Labute approximate surface area is 77.2 Å². The molecule has 0 saturated heterocycles. The zero-order valence-electron chi connectivity index (χ0n) is 6.57. The van der Waals surface area contributed by atoms with E-state index in [-0.39, 0.29) is 0 Å². The molecule has 2 rings (SSSR count). The Hall–Kier alpha value is -1.02. The van der Waals surface area contributed by atoms with Crippen LogP contribution in [0.25, 0.3) is 0 Å². The normalized spacial score (nSPS) is 14.1. The number of aliphatic imine (C=N–C) groups is 1. The van der Waals surface area contributed by atoms with Gasteiger partial charge in [0, 0.05) is 11.1 Å². The molecule has 0 atom stereocenters. The van der Waals surface area contributed by atoms with E-state index < -0.39 is 0 Å². The number of thiol groups is 1. The van der Waals surface area contributed by atoms with E-state index in [0.29, 0.717) is 0 Å². The minimum atomic E-state index is 0.926. The highest BCUT2D eigenvalue weighted by Gasteiger charge is 2.03. The SMILES string of the molecule is Sc1cccc2c1CC=CC=N2. The van der Waals surface area contributed by atoms with Crippen molar-refractivity contribution >= 4 is 24.5 Å². The highest BCUT2D eigenvalue weighted by molar-refractivity contribution is 7.80. The summed E-state index contributed by atoms with van der Waals surface area (Å²) in [4.78, 5) is 5.31. The number of hydrogen-bond acceptors (Lipinski definition) is 2. The minimum absolute atomic E-state index is 0.926. The Kier molecular flexibility index (Phi) is 2.00. The summed E-state index contributed by atoms with van der Waals surface area (Å²) in [5, 5.41) is 0. The molecule has 0 unspecified atom stereocenters. The Morgan fingerprint density at radius 1 is 1.33 bits per heavy atom. The van der Waals surface area contributed by atoms with Gasteiger partial charge in [-0.25, -0.2) is 0 Å². The van der Waals surface area contributed by atoms with Gasteiger partial charge in [-0.1, -0.05) is 12.1 Å². The van der Waals surface area contributed by atoms with Gasteiger partial charge < -0.3 is 0 Å². The van der Waals surface area contributed by atoms with Crippen LogP contribution in [0.1, 0.15) is 5.56 Å². The molecule has 60 valence electrons. The van der Waals surface area contributed by atoms with Crippen molar-refractivity contribution in [3.63, 3.8) is 0 Å². The summed E-state index contributed by atoms with van der Waals surface area (Å²) in [6.45, 7) is 0. The van der Waals surface area contributed by atoms with Gasteiger partial charge in [-0.3, -0.25) is 4.99 Å². The molecule has 0 amide bonds. The van der Waals surface area contributed by atoms with Crippen molar-refractivity contribution in [2.75, 3.05) is 0 Å². The molecule has 1 aromatic carbocycles. The number of fused-ring (bicyclic) bond motifs is 1. The van der Waals surface area contributed by atoms with Crippen molar-refractivity contribution in [3.05, 3.63) is 35.9 Å². The molecular formula is C10H9NS. The Bertz CT molecular complexity index is 353. The van der Waals surface area contributed by atoms with Crippen molar-refractivity contribution in [2.45, 2.75) is 11.3 Å². The molecule has 2 heteroatoms. The van der Waals surface area contributed by atoms with Gasteiger partial charge >= 0.3 is 0 Å². The monoisotopic (exact) mass is 175 g/mol. The highest BCUT2D eigenvalue weighted by atomic mass is 32.1. The molecule has 1 aliphatic rings. The third-order valence-electron chi connectivity index (χ3n) is 1.88. The first-order valence-electron chi connectivity index (χ1n) is 3.88. The number of rotatable bonds is 0. The van der Waals surface area contributed by atoms with E-state index >= 15 is 0 Å². The molecule has 0 aromatic heterocycles. The van der Waals surface area contributed by atoms with E-state index in [2.05, 4.69) is 23.7 Å². The van der Waals surface area contributed by atoms with Crippen LogP contribution in [0.4, 0.5) is 5.69 Å². The quantitative estimate of drug-likeness (QED) is 0.582.